The molecule has 0 radical (unpaired) electrons. The van der Waals surface area contributed by atoms with Gasteiger partial charge in [-0.2, -0.15) is 5.10 Å². The topological polar surface area (TPSA) is 68.5 Å². The van der Waals surface area contributed by atoms with Crippen molar-refractivity contribution in [2.75, 3.05) is 33.9 Å². The third kappa shape index (κ3) is 3.42. The maximum Gasteiger partial charge on any atom is 0.162 e. The number of rotatable bonds is 7. The minimum absolute atomic E-state index is 0.409. The van der Waals surface area contributed by atoms with Crippen LogP contribution in [0.2, 0.25) is 0 Å². The molecule has 0 fully saturated rings. The molecule has 0 saturated carbocycles. The first kappa shape index (κ1) is 14.0. The molecular formula is C11H21N3O3. The van der Waals surface area contributed by atoms with Crippen molar-refractivity contribution < 1.29 is 14.6 Å². The van der Waals surface area contributed by atoms with Crippen LogP contribution in [0, 0.1) is 0 Å². The summed E-state index contributed by atoms with van der Waals surface area (Å²) < 4.78 is 11.7. The van der Waals surface area contributed by atoms with E-state index in [4.69, 9.17) is 9.47 Å². The van der Waals surface area contributed by atoms with Crippen molar-refractivity contribution in [2.24, 2.45) is 7.05 Å². The van der Waals surface area contributed by atoms with Crippen LogP contribution in [-0.2, 0) is 17.4 Å². The van der Waals surface area contributed by atoms with Gasteiger partial charge in [-0.1, -0.05) is 0 Å². The Morgan fingerprint density at radius 3 is 2.82 bits per heavy atom. The normalized spacial score (nSPS) is 14.6. The van der Waals surface area contributed by atoms with E-state index in [1.165, 1.54) is 0 Å². The van der Waals surface area contributed by atoms with Crippen molar-refractivity contribution in [1.29, 1.82) is 0 Å². The van der Waals surface area contributed by atoms with Crippen LogP contribution in [0.25, 0.3) is 0 Å². The molecule has 1 atom stereocenters. The van der Waals surface area contributed by atoms with E-state index in [1.807, 2.05) is 0 Å². The van der Waals surface area contributed by atoms with Crippen molar-refractivity contribution in [1.82, 2.24) is 15.1 Å². The van der Waals surface area contributed by atoms with E-state index >= 15 is 0 Å². The minimum atomic E-state index is -1.04. The number of ether oxygens (including phenoxy) is 2. The number of hydrogen-bond acceptors (Lipinski definition) is 5. The van der Waals surface area contributed by atoms with Gasteiger partial charge in [0.15, 0.2) is 5.75 Å². The summed E-state index contributed by atoms with van der Waals surface area (Å²) in [5.41, 5.74) is -0.380. The highest BCUT2D eigenvalue weighted by molar-refractivity contribution is 5.30. The van der Waals surface area contributed by atoms with Crippen molar-refractivity contribution in [3.8, 4) is 5.75 Å². The van der Waals surface area contributed by atoms with Crippen LogP contribution in [0.3, 0.4) is 0 Å². The average Bonchev–Trinajstić information content (AvgIpc) is 2.66. The smallest absolute Gasteiger partial charge is 0.162 e. The molecule has 0 aliphatic carbocycles. The predicted molar refractivity (Wildman–Crippen MR) is 64.1 cm³/mol. The summed E-state index contributed by atoms with van der Waals surface area (Å²) in [7, 11) is 4.99. The molecule has 2 N–H and O–H groups in total. The fraction of sp³-hybridized carbons (Fsp3) is 0.727. The molecule has 6 heteroatoms. The Labute approximate surface area is 102 Å². The lowest BCUT2D eigenvalue weighted by atomic mass is 10.0. The van der Waals surface area contributed by atoms with Crippen molar-refractivity contribution in [2.45, 2.75) is 12.5 Å². The van der Waals surface area contributed by atoms with Crippen LogP contribution >= 0.6 is 0 Å². The maximum atomic E-state index is 10.4. The molecule has 0 aliphatic heterocycles. The van der Waals surface area contributed by atoms with Crippen LogP contribution in [0.4, 0.5) is 0 Å². The van der Waals surface area contributed by atoms with E-state index in [1.54, 1.807) is 39.1 Å². The highest BCUT2D eigenvalue weighted by Gasteiger charge is 2.30. The van der Waals surface area contributed by atoms with Crippen LogP contribution < -0.4 is 10.1 Å². The van der Waals surface area contributed by atoms with E-state index in [-0.39, 0.29) is 0 Å². The second-order valence-electron chi connectivity index (χ2n) is 4.13. The zero-order chi connectivity index (χ0) is 12.9. The summed E-state index contributed by atoms with van der Waals surface area (Å²) >= 11 is 0. The lowest BCUT2D eigenvalue weighted by Crippen LogP contribution is -2.38. The summed E-state index contributed by atoms with van der Waals surface area (Å²) in [5.74, 6) is 0.589. The quantitative estimate of drug-likeness (QED) is 0.653. The molecular weight excluding hydrogens is 222 g/mol. The Morgan fingerprint density at radius 2 is 2.24 bits per heavy atom. The van der Waals surface area contributed by atoms with Gasteiger partial charge in [0.2, 0.25) is 0 Å². The summed E-state index contributed by atoms with van der Waals surface area (Å²) in [6.45, 7) is 3.43. The lowest BCUT2D eigenvalue weighted by molar-refractivity contribution is 0.0443. The van der Waals surface area contributed by atoms with E-state index in [0.29, 0.717) is 31.1 Å². The first-order chi connectivity index (χ1) is 8.03. The second-order valence-corrected chi connectivity index (χ2v) is 4.13. The monoisotopic (exact) mass is 243 g/mol. The lowest BCUT2D eigenvalue weighted by Gasteiger charge is -2.24. The highest BCUT2D eigenvalue weighted by atomic mass is 16.5. The summed E-state index contributed by atoms with van der Waals surface area (Å²) in [6, 6.07) is 0. The first-order valence-corrected chi connectivity index (χ1v) is 5.51. The third-order valence-corrected chi connectivity index (χ3v) is 2.59. The number of hydrogen-bond donors (Lipinski definition) is 2. The molecule has 1 aromatic heterocycles. The Bertz CT molecular complexity index is 350. The van der Waals surface area contributed by atoms with Gasteiger partial charge in [-0.25, -0.2) is 0 Å². The van der Waals surface area contributed by atoms with Gasteiger partial charge >= 0.3 is 0 Å². The fourth-order valence-electron chi connectivity index (χ4n) is 1.77. The number of aliphatic hydroxyl groups is 1. The number of nitrogens with zero attached hydrogens (tertiary/aromatic N) is 2. The molecule has 1 aromatic rings. The Kier molecular flexibility index (Phi) is 4.92. The molecule has 0 spiro atoms. The third-order valence-electron chi connectivity index (χ3n) is 2.59. The zero-order valence-electron chi connectivity index (χ0n) is 10.9. The van der Waals surface area contributed by atoms with E-state index < -0.39 is 5.60 Å². The first-order valence-electron chi connectivity index (χ1n) is 5.51. The molecule has 0 aliphatic rings. The number of aromatic nitrogens is 2. The molecule has 1 heterocycles. The SMILES string of the molecule is COCCNCC(C)(O)c1c(OC)cnn1C. The zero-order valence-corrected chi connectivity index (χ0v) is 10.9. The minimum Gasteiger partial charge on any atom is -0.493 e. The standard InChI is InChI=1S/C11H21N3O3/c1-11(15,8-12-5-6-16-3)10-9(17-4)7-13-14(10)2/h7,12,15H,5-6,8H2,1-4H3. The Balaban J connectivity index is 2.70. The van der Waals surface area contributed by atoms with Gasteiger partial charge in [-0.05, 0) is 6.92 Å². The summed E-state index contributed by atoms with van der Waals surface area (Å²) in [5, 5.41) is 17.6. The molecule has 0 aromatic carbocycles. The maximum absolute atomic E-state index is 10.4. The van der Waals surface area contributed by atoms with Crippen LogP contribution in [-0.4, -0.2) is 48.8 Å². The number of aryl methyl sites for hydroxylation is 1. The predicted octanol–water partition coefficient (Wildman–Crippen LogP) is -0.128. The molecule has 1 unspecified atom stereocenters. The molecule has 0 saturated heterocycles. The van der Waals surface area contributed by atoms with Crippen LogP contribution in [0.1, 0.15) is 12.6 Å². The van der Waals surface area contributed by atoms with Gasteiger partial charge < -0.3 is 19.9 Å². The average molecular weight is 243 g/mol. The fourth-order valence-corrected chi connectivity index (χ4v) is 1.77. The van der Waals surface area contributed by atoms with Gasteiger partial charge in [-0.3, -0.25) is 4.68 Å². The van der Waals surface area contributed by atoms with E-state index in [2.05, 4.69) is 10.4 Å². The van der Waals surface area contributed by atoms with E-state index in [0.717, 1.165) is 0 Å². The second kappa shape index (κ2) is 6.00. The van der Waals surface area contributed by atoms with Crippen LogP contribution in [0.5, 0.6) is 5.75 Å². The van der Waals surface area contributed by atoms with Gasteiger partial charge in [0.05, 0.1) is 19.9 Å². The number of methoxy groups -OCH3 is 2. The molecule has 98 valence electrons. The molecule has 0 amide bonds. The Hall–Kier alpha value is -1.11. The van der Waals surface area contributed by atoms with Crippen LogP contribution in [0.15, 0.2) is 6.20 Å². The largest absolute Gasteiger partial charge is 0.493 e. The number of nitrogens with one attached hydrogen (secondary N) is 1. The van der Waals surface area contributed by atoms with Gasteiger partial charge in [-0.15, -0.1) is 0 Å². The molecule has 6 nitrogen and oxygen atoms in total. The van der Waals surface area contributed by atoms with Gasteiger partial charge in [0, 0.05) is 27.2 Å². The molecule has 17 heavy (non-hydrogen) atoms. The molecule has 0 bridgehead atoms. The summed E-state index contributed by atoms with van der Waals surface area (Å²) in [6.07, 6.45) is 1.60. The van der Waals surface area contributed by atoms with Crippen molar-refractivity contribution in [3.05, 3.63) is 11.9 Å². The van der Waals surface area contributed by atoms with Gasteiger partial charge in [0.1, 0.15) is 11.3 Å². The highest BCUT2D eigenvalue weighted by Crippen LogP contribution is 2.28. The summed E-state index contributed by atoms with van der Waals surface area (Å²) in [4.78, 5) is 0. The van der Waals surface area contributed by atoms with Gasteiger partial charge in [0.25, 0.3) is 0 Å². The van der Waals surface area contributed by atoms with Crippen molar-refractivity contribution >= 4 is 0 Å². The molecule has 1 rings (SSSR count). The van der Waals surface area contributed by atoms with E-state index in [9.17, 15) is 5.11 Å². The Morgan fingerprint density at radius 1 is 1.53 bits per heavy atom. The van der Waals surface area contributed by atoms with Crippen molar-refractivity contribution in [3.63, 3.8) is 0 Å².